The highest BCUT2D eigenvalue weighted by Crippen LogP contribution is 2.37. The van der Waals surface area contributed by atoms with Crippen molar-refractivity contribution in [2.45, 2.75) is 214 Å². The van der Waals surface area contributed by atoms with Crippen LogP contribution in [-0.4, -0.2) is 61.0 Å². The Hall–Kier alpha value is -1.69. The van der Waals surface area contributed by atoms with Crippen molar-refractivity contribution < 1.29 is 19.7 Å². The summed E-state index contributed by atoms with van der Waals surface area (Å²) in [6, 6.07) is 0. The maximum atomic E-state index is 13.3. The van der Waals surface area contributed by atoms with Gasteiger partial charge in [-0.1, -0.05) is 141 Å². The molecule has 5 nitrogen and oxygen atoms in total. The van der Waals surface area contributed by atoms with Crippen LogP contribution in [0.5, 0.6) is 0 Å². The van der Waals surface area contributed by atoms with Gasteiger partial charge < -0.3 is 19.8 Å². The molecule has 0 saturated carbocycles. The van der Waals surface area contributed by atoms with E-state index in [1.165, 1.54) is 89.9 Å². The van der Waals surface area contributed by atoms with Crippen molar-refractivity contribution in [3.05, 3.63) is 48.6 Å². The van der Waals surface area contributed by atoms with Crippen LogP contribution in [0.1, 0.15) is 207 Å². The van der Waals surface area contributed by atoms with E-state index < -0.39 is 0 Å². The summed E-state index contributed by atoms with van der Waals surface area (Å²) in [5.74, 6) is -0.00570. The Kier molecular flexibility index (Phi) is 35.8. The molecular formula is C49H91NO4. The lowest BCUT2D eigenvalue weighted by Crippen LogP contribution is -2.34. The van der Waals surface area contributed by atoms with Gasteiger partial charge in [0, 0.05) is 19.8 Å². The fourth-order valence-corrected chi connectivity index (χ4v) is 7.95. The van der Waals surface area contributed by atoms with Gasteiger partial charge in [0.1, 0.15) is 6.10 Å². The Balaban J connectivity index is 4.45. The number of nitrogens with zero attached hydrogens (tertiary/aromatic N) is 1. The third-order valence-electron chi connectivity index (χ3n) is 10.2. The van der Waals surface area contributed by atoms with Gasteiger partial charge >= 0.3 is 5.97 Å². The third kappa shape index (κ3) is 38.6. The number of esters is 1. The summed E-state index contributed by atoms with van der Waals surface area (Å²) in [6.07, 6.45) is 50.0. The van der Waals surface area contributed by atoms with Gasteiger partial charge in [-0.3, -0.25) is 4.79 Å². The van der Waals surface area contributed by atoms with Crippen molar-refractivity contribution in [1.29, 1.82) is 0 Å². The van der Waals surface area contributed by atoms with Gasteiger partial charge in [-0.15, -0.1) is 0 Å². The largest absolute Gasteiger partial charge is 0.462 e. The number of hydrogen-bond acceptors (Lipinski definition) is 5. The number of carbonyl (C=O) groups excluding carboxylic acids is 1. The van der Waals surface area contributed by atoms with Crippen LogP contribution in [0.4, 0.5) is 0 Å². The average molecular weight is 758 g/mol. The average Bonchev–Trinajstić information content (AvgIpc) is 3.09. The molecule has 0 aliphatic carbocycles. The van der Waals surface area contributed by atoms with Gasteiger partial charge in [0.15, 0.2) is 0 Å². The second-order valence-corrected chi connectivity index (χ2v) is 17.9. The number of ether oxygens (including phenoxy) is 1. The molecule has 316 valence electrons. The molecule has 0 amide bonds. The molecule has 0 aliphatic heterocycles. The standard InChI is InChI=1S/C49H91NO4/c1-48(2,44-49(3,4)45-50(5)6)43-47(53)54-46(39-35-31-27-23-19-15-11-7-9-13-17-21-25-29-33-37-41-51)40-36-32-28-24-20-16-12-8-10-14-18-22-26-30-34-38-42-52/h7-10,17-18,21-22,46,51-52H,11-16,19-20,23-45H2,1-6H3/b9-7-,10-8-,21-17-,22-18-. The summed E-state index contributed by atoms with van der Waals surface area (Å²) in [5.41, 5.74) is 0.0667. The lowest BCUT2D eigenvalue weighted by Gasteiger charge is -2.36. The van der Waals surface area contributed by atoms with Crippen LogP contribution in [0.3, 0.4) is 0 Å². The zero-order valence-electron chi connectivity index (χ0n) is 36.8. The molecule has 0 aromatic heterocycles. The molecule has 2 N–H and O–H groups in total. The predicted molar refractivity (Wildman–Crippen MR) is 236 cm³/mol. The quantitative estimate of drug-likeness (QED) is 0.0371. The SMILES string of the molecule is CN(C)CC(C)(C)CC(C)(C)CC(=O)OC(CCCCCCCC/C=C\C/C=C\CCCCCO)CCCCCCCC/C=C\C/C=C\CCCCCO. The highest BCUT2D eigenvalue weighted by molar-refractivity contribution is 5.70. The summed E-state index contributed by atoms with van der Waals surface area (Å²) in [6.45, 7) is 10.7. The summed E-state index contributed by atoms with van der Waals surface area (Å²) in [4.78, 5) is 15.5. The van der Waals surface area contributed by atoms with Crippen molar-refractivity contribution in [2.75, 3.05) is 33.9 Å². The molecule has 0 radical (unpaired) electrons. The molecule has 54 heavy (non-hydrogen) atoms. The van der Waals surface area contributed by atoms with E-state index in [1.807, 2.05) is 0 Å². The van der Waals surface area contributed by atoms with E-state index in [4.69, 9.17) is 14.9 Å². The Morgan fingerprint density at radius 1 is 0.519 bits per heavy atom. The lowest BCUT2D eigenvalue weighted by atomic mass is 9.73. The molecule has 0 saturated heterocycles. The first kappa shape index (κ1) is 52.3. The number of hydrogen-bond donors (Lipinski definition) is 2. The summed E-state index contributed by atoms with van der Waals surface area (Å²) in [7, 11) is 4.25. The number of rotatable bonds is 39. The highest BCUT2D eigenvalue weighted by atomic mass is 16.5. The molecule has 0 rings (SSSR count). The Morgan fingerprint density at radius 3 is 1.24 bits per heavy atom. The van der Waals surface area contributed by atoms with Gasteiger partial charge in [-0.05, 0) is 134 Å². The van der Waals surface area contributed by atoms with E-state index in [1.54, 1.807) is 0 Å². The Bertz CT molecular complexity index is 897. The number of carbonyl (C=O) groups is 1. The first-order chi connectivity index (χ1) is 26.0. The van der Waals surface area contributed by atoms with E-state index in [2.05, 4.69) is 95.3 Å². The van der Waals surface area contributed by atoms with Crippen LogP contribution in [-0.2, 0) is 9.53 Å². The first-order valence-corrected chi connectivity index (χ1v) is 22.7. The van der Waals surface area contributed by atoms with Gasteiger partial charge in [-0.2, -0.15) is 0 Å². The van der Waals surface area contributed by atoms with Gasteiger partial charge in [0.25, 0.3) is 0 Å². The minimum absolute atomic E-state index is 0.00570. The smallest absolute Gasteiger partial charge is 0.306 e. The molecule has 0 aromatic rings. The number of aliphatic hydroxyl groups excluding tert-OH is 2. The molecule has 0 fully saturated rings. The highest BCUT2D eigenvalue weighted by Gasteiger charge is 2.32. The summed E-state index contributed by atoms with van der Waals surface area (Å²) >= 11 is 0. The first-order valence-electron chi connectivity index (χ1n) is 22.7. The topological polar surface area (TPSA) is 70.0 Å². The van der Waals surface area contributed by atoms with Crippen molar-refractivity contribution in [3.8, 4) is 0 Å². The van der Waals surface area contributed by atoms with E-state index in [0.29, 0.717) is 19.6 Å². The van der Waals surface area contributed by atoms with Crippen LogP contribution in [0.15, 0.2) is 48.6 Å². The van der Waals surface area contributed by atoms with Crippen LogP contribution in [0, 0.1) is 10.8 Å². The molecule has 5 heteroatoms. The van der Waals surface area contributed by atoms with Crippen LogP contribution in [0.25, 0.3) is 0 Å². The van der Waals surface area contributed by atoms with Crippen molar-refractivity contribution in [1.82, 2.24) is 4.90 Å². The lowest BCUT2D eigenvalue weighted by molar-refractivity contribution is -0.152. The van der Waals surface area contributed by atoms with Crippen molar-refractivity contribution in [2.24, 2.45) is 10.8 Å². The van der Waals surface area contributed by atoms with E-state index in [0.717, 1.165) is 90.0 Å². The minimum Gasteiger partial charge on any atom is -0.462 e. The minimum atomic E-state index is -0.0826. The molecule has 0 heterocycles. The number of unbranched alkanes of at least 4 members (excludes halogenated alkanes) is 18. The third-order valence-corrected chi connectivity index (χ3v) is 10.2. The van der Waals surface area contributed by atoms with Crippen LogP contribution < -0.4 is 0 Å². The van der Waals surface area contributed by atoms with Gasteiger partial charge in [0.2, 0.25) is 0 Å². The zero-order valence-corrected chi connectivity index (χ0v) is 36.8. The van der Waals surface area contributed by atoms with Crippen molar-refractivity contribution >= 4 is 5.97 Å². The second kappa shape index (κ2) is 36.9. The van der Waals surface area contributed by atoms with E-state index >= 15 is 0 Å². The molecule has 0 bridgehead atoms. The number of allylic oxidation sites excluding steroid dienone is 8. The fraction of sp³-hybridized carbons (Fsp3) is 0.816. The fourth-order valence-electron chi connectivity index (χ4n) is 7.95. The van der Waals surface area contributed by atoms with E-state index in [-0.39, 0.29) is 22.9 Å². The molecule has 0 aromatic carbocycles. The Morgan fingerprint density at radius 2 is 0.870 bits per heavy atom. The Labute approximate surface area is 336 Å². The number of aliphatic hydroxyl groups is 2. The van der Waals surface area contributed by atoms with Gasteiger partial charge in [0.05, 0.1) is 6.42 Å². The second-order valence-electron chi connectivity index (χ2n) is 17.9. The maximum Gasteiger partial charge on any atom is 0.306 e. The monoisotopic (exact) mass is 758 g/mol. The van der Waals surface area contributed by atoms with Gasteiger partial charge in [-0.25, -0.2) is 0 Å². The van der Waals surface area contributed by atoms with Crippen molar-refractivity contribution in [3.63, 3.8) is 0 Å². The van der Waals surface area contributed by atoms with E-state index in [9.17, 15) is 4.79 Å². The summed E-state index contributed by atoms with van der Waals surface area (Å²) < 4.78 is 6.25. The molecule has 0 unspecified atom stereocenters. The van der Waals surface area contributed by atoms with Crippen LogP contribution in [0.2, 0.25) is 0 Å². The molecule has 0 atom stereocenters. The molecular weight excluding hydrogens is 667 g/mol. The normalized spacial score (nSPS) is 13.0. The maximum absolute atomic E-state index is 13.3. The molecule has 0 spiro atoms. The van der Waals surface area contributed by atoms with Crippen LogP contribution >= 0.6 is 0 Å². The zero-order chi connectivity index (χ0) is 40.0. The molecule has 0 aliphatic rings. The summed E-state index contributed by atoms with van der Waals surface area (Å²) in [5, 5.41) is 17.7. The predicted octanol–water partition coefficient (Wildman–Crippen LogP) is 13.6.